The first-order valence-corrected chi connectivity index (χ1v) is 21.5. The number of H-pyrrole nitrogens is 2. The van der Waals surface area contributed by atoms with E-state index in [1.165, 1.54) is 21.3 Å². The number of aromatic amines is 2. The number of fused-ring (bicyclic) bond motifs is 6. The van der Waals surface area contributed by atoms with Crippen molar-refractivity contribution in [2.75, 3.05) is 27.9 Å². The lowest BCUT2D eigenvalue weighted by Crippen LogP contribution is -2.54. The number of carbonyl (C=O) groups excluding carboxylic acids is 4. The lowest BCUT2D eigenvalue weighted by molar-refractivity contribution is -0.138. The molecule has 3 aliphatic rings. The second-order valence-electron chi connectivity index (χ2n) is 17.1. The summed E-state index contributed by atoms with van der Waals surface area (Å²) in [6, 6.07) is 12.3. The number of nitrogens with zero attached hydrogens (tertiary/aromatic N) is 4. The summed E-state index contributed by atoms with van der Waals surface area (Å²) in [7, 11) is 4.07. The highest BCUT2D eigenvalue weighted by Crippen LogP contribution is 2.44. The maximum Gasteiger partial charge on any atom is 0.407 e. The number of rotatable bonds is 11. The molecular weight excluding hydrogens is 793 g/mol. The average Bonchev–Trinajstić information content (AvgIpc) is 4.11. The van der Waals surface area contributed by atoms with Crippen molar-refractivity contribution in [2.45, 2.75) is 103 Å². The van der Waals surface area contributed by atoms with Crippen molar-refractivity contribution in [3.05, 3.63) is 65.9 Å². The van der Waals surface area contributed by atoms with Gasteiger partial charge in [-0.25, -0.2) is 19.6 Å². The molecule has 7 unspecified atom stereocenters. The summed E-state index contributed by atoms with van der Waals surface area (Å²) >= 11 is 0. The Bertz CT molecular complexity index is 2510. The second kappa shape index (κ2) is 17.3. The molecule has 0 spiro atoms. The molecule has 4 N–H and O–H groups in total. The minimum absolute atomic E-state index is 0.0297. The van der Waals surface area contributed by atoms with Gasteiger partial charge < -0.3 is 49.3 Å². The quantitative estimate of drug-likeness (QED) is 0.106. The zero-order valence-electron chi connectivity index (χ0n) is 36.5. The molecule has 0 aliphatic carbocycles. The fourth-order valence-corrected chi connectivity index (χ4v) is 9.37. The van der Waals surface area contributed by atoms with Gasteiger partial charge in [0.15, 0.2) is 0 Å². The third-order valence-electron chi connectivity index (χ3n) is 13.0. The lowest BCUT2D eigenvalue weighted by Gasteiger charge is -2.32. The average molecular weight is 849 g/mol. The first-order valence-electron chi connectivity index (χ1n) is 21.5. The van der Waals surface area contributed by atoms with Crippen LogP contribution in [0.1, 0.15) is 89.6 Å². The Labute approximate surface area is 360 Å². The first kappa shape index (κ1) is 42.5. The molecule has 16 heteroatoms. The number of hydrogen-bond donors (Lipinski definition) is 4. The van der Waals surface area contributed by atoms with E-state index >= 15 is 0 Å². The van der Waals surface area contributed by atoms with Gasteiger partial charge in [0.05, 0.1) is 55.3 Å². The van der Waals surface area contributed by atoms with Gasteiger partial charge in [-0.3, -0.25) is 9.59 Å². The maximum atomic E-state index is 14.0. The number of aromatic nitrogens is 4. The number of imidazole rings is 2. The Kier molecular flexibility index (Phi) is 11.9. The van der Waals surface area contributed by atoms with Crippen molar-refractivity contribution in [3.63, 3.8) is 0 Å². The summed E-state index contributed by atoms with van der Waals surface area (Å²) in [5.74, 6) is 1.89. The van der Waals surface area contributed by atoms with Crippen molar-refractivity contribution < 1.29 is 38.1 Å². The molecule has 5 aromatic rings. The molecule has 62 heavy (non-hydrogen) atoms. The van der Waals surface area contributed by atoms with Gasteiger partial charge in [0, 0.05) is 30.6 Å². The summed E-state index contributed by atoms with van der Waals surface area (Å²) in [5, 5.41) is 7.35. The second-order valence-corrected chi connectivity index (χ2v) is 17.1. The molecule has 7 atom stereocenters. The molecular formula is C46H56N8O8. The Morgan fingerprint density at radius 2 is 1.65 bits per heavy atom. The fraction of sp³-hybridized carbons (Fsp3) is 0.478. The number of methoxy groups -OCH3 is 3. The highest BCUT2D eigenvalue weighted by Gasteiger charge is 2.43. The van der Waals surface area contributed by atoms with Gasteiger partial charge in [0.25, 0.3) is 0 Å². The SMILES string of the molecule is CCC1CC(c2ncc(-c3ccc4c(c3)COc3cc5c(ccc6[nH]c(C7CCC(C)N7C(=O)C(NC(=O)OC)C(C)C)nc65)cc3-4)[nH]2)N(C(=O)C(NC(=O)OC)C(C)OC)C1. The van der Waals surface area contributed by atoms with Gasteiger partial charge in [0.1, 0.15) is 36.1 Å². The zero-order valence-corrected chi connectivity index (χ0v) is 36.5. The Morgan fingerprint density at radius 1 is 0.887 bits per heavy atom. The van der Waals surface area contributed by atoms with E-state index in [2.05, 4.69) is 63.9 Å². The van der Waals surface area contributed by atoms with Gasteiger partial charge in [-0.15, -0.1) is 0 Å². The summed E-state index contributed by atoms with van der Waals surface area (Å²) < 4.78 is 21.5. The summed E-state index contributed by atoms with van der Waals surface area (Å²) in [5.41, 5.74) is 6.52. The number of amides is 4. The van der Waals surface area contributed by atoms with Gasteiger partial charge in [-0.05, 0) is 91.3 Å². The highest BCUT2D eigenvalue weighted by atomic mass is 16.5. The standard InChI is InChI=1S/C46H56N8O8/c1-9-26-16-36(53(21-26)43(55)39(25(5)59-6)52-46(58)61-8)41-47-20-34(49-41)28-11-13-30-29(17-28)22-62-37-19-31-27(18-32(30)37)12-14-33-40(31)50-42(48-33)35-15-10-24(4)54(35)44(56)38(23(2)3)51-45(57)60-7/h11-14,17-20,23-26,35-36,38-39H,9-10,15-16,21-22H2,1-8H3,(H,47,49)(H,48,50)(H,51,57)(H,52,58). The van der Waals surface area contributed by atoms with Crippen molar-refractivity contribution in [3.8, 4) is 28.1 Å². The van der Waals surface area contributed by atoms with Gasteiger partial charge in [-0.1, -0.05) is 45.4 Å². The molecule has 2 saturated heterocycles. The number of likely N-dealkylation sites (tertiary alicyclic amines) is 2. The summed E-state index contributed by atoms with van der Waals surface area (Å²) in [6.07, 6.45) is 3.09. The Balaban J connectivity index is 1.05. The van der Waals surface area contributed by atoms with Crippen LogP contribution >= 0.6 is 0 Å². The largest absolute Gasteiger partial charge is 0.488 e. The van der Waals surface area contributed by atoms with Crippen LogP contribution in [0.25, 0.3) is 44.2 Å². The van der Waals surface area contributed by atoms with Crippen LogP contribution in [0.2, 0.25) is 0 Å². The fourth-order valence-electron chi connectivity index (χ4n) is 9.37. The number of nitrogens with one attached hydrogen (secondary N) is 4. The molecule has 328 valence electrons. The Hall–Kier alpha value is -6.16. The molecule has 8 rings (SSSR count). The van der Waals surface area contributed by atoms with Crippen LogP contribution in [0.4, 0.5) is 9.59 Å². The zero-order chi connectivity index (χ0) is 44.0. The van der Waals surface area contributed by atoms with E-state index in [-0.39, 0.29) is 41.8 Å². The smallest absolute Gasteiger partial charge is 0.407 e. The lowest BCUT2D eigenvalue weighted by atomic mass is 9.92. The van der Waals surface area contributed by atoms with Crippen molar-refractivity contribution in [1.82, 2.24) is 40.4 Å². The van der Waals surface area contributed by atoms with E-state index in [0.717, 1.165) is 81.2 Å². The predicted molar refractivity (Wildman–Crippen MR) is 232 cm³/mol. The molecule has 0 saturated carbocycles. The molecule has 3 aliphatic heterocycles. The first-order chi connectivity index (χ1) is 29.8. The van der Waals surface area contributed by atoms with Crippen LogP contribution in [0.15, 0.2) is 48.7 Å². The van der Waals surface area contributed by atoms with Gasteiger partial charge in [-0.2, -0.15) is 0 Å². The van der Waals surface area contributed by atoms with Gasteiger partial charge >= 0.3 is 12.2 Å². The topological polar surface area (TPSA) is 193 Å². The molecule has 3 aromatic carbocycles. The van der Waals surface area contributed by atoms with E-state index in [1.54, 1.807) is 18.0 Å². The third kappa shape index (κ3) is 7.80. The minimum atomic E-state index is -0.922. The van der Waals surface area contributed by atoms with Crippen LogP contribution in [0.5, 0.6) is 5.75 Å². The normalized spacial score (nSPS) is 21.0. The summed E-state index contributed by atoms with van der Waals surface area (Å²) in [6.45, 7) is 10.6. The molecule has 16 nitrogen and oxygen atoms in total. The predicted octanol–water partition coefficient (Wildman–Crippen LogP) is 7.16. The number of alkyl carbamates (subject to hydrolysis) is 2. The maximum absolute atomic E-state index is 14.0. The van der Waals surface area contributed by atoms with Crippen molar-refractivity contribution in [1.29, 1.82) is 0 Å². The van der Waals surface area contributed by atoms with Gasteiger partial charge in [0.2, 0.25) is 11.8 Å². The molecule has 5 heterocycles. The van der Waals surface area contributed by atoms with Crippen molar-refractivity contribution >= 4 is 45.8 Å². The third-order valence-corrected chi connectivity index (χ3v) is 13.0. The van der Waals surface area contributed by atoms with Crippen LogP contribution in [-0.4, -0.2) is 106 Å². The van der Waals surface area contributed by atoms with Crippen LogP contribution in [-0.2, 0) is 30.4 Å². The Morgan fingerprint density at radius 3 is 2.35 bits per heavy atom. The van der Waals surface area contributed by atoms with E-state index < -0.39 is 30.4 Å². The van der Waals surface area contributed by atoms with Crippen LogP contribution in [0, 0.1) is 11.8 Å². The molecule has 2 aromatic heterocycles. The molecule has 0 radical (unpaired) electrons. The van der Waals surface area contributed by atoms with Crippen molar-refractivity contribution in [2.24, 2.45) is 11.8 Å². The number of benzene rings is 3. The monoisotopic (exact) mass is 848 g/mol. The molecule has 2 fully saturated rings. The minimum Gasteiger partial charge on any atom is -0.488 e. The van der Waals surface area contributed by atoms with E-state index in [1.807, 2.05) is 31.7 Å². The summed E-state index contributed by atoms with van der Waals surface area (Å²) in [4.78, 5) is 72.9. The van der Waals surface area contributed by atoms with Crippen LogP contribution < -0.4 is 15.4 Å². The van der Waals surface area contributed by atoms with Crippen LogP contribution in [0.3, 0.4) is 0 Å². The number of hydrogen-bond acceptors (Lipinski definition) is 10. The number of ether oxygens (including phenoxy) is 4. The molecule has 0 bridgehead atoms. The highest BCUT2D eigenvalue weighted by molar-refractivity contribution is 6.07. The number of carbonyl (C=O) groups is 4. The van der Waals surface area contributed by atoms with E-state index in [4.69, 9.17) is 28.9 Å². The molecule has 4 amide bonds. The van der Waals surface area contributed by atoms with E-state index in [0.29, 0.717) is 24.8 Å². The van der Waals surface area contributed by atoms with E-state index in [9.17, 15) is 19.2 Å².